The van der Waals surface area contributed by atoms with E-state index < -0.39 is 5.54 Å². The van der Waals surface area contributed by atoms with Gasteiger partial charge in [0.05, 0.1) is 5.54 Å². The summed E-state index contributed by atoms with van der Waals surface area (Å²) >= 11 is 0. The predicted octanol–water partition coefficient (Wildman–Crippen LogP) is 1.76. The second kappa shape index (κ2) is 4.52. The number of nitrogens with two attached hydrogens (primary N) is 1. The highest BCUT2D eigenvalue weighted by Gasteiger charge is 2.31. The van der Waals surface area contributed by atoms with Crippen LogP contribution in [0.5, 0.6) is 0 Å². The third-order valence-corrected chi connectivity index (χ3v) is 3.33. The van der Waals surface area contributed by atoms with E-state index in [1.807, 2.05) is 11.9 Å². The van der Waals surface area contributed by atoms with Crippen molar-refractivity contribution in [1.82, 2.24) is 4.90 Å². The Bertz CT molecular complexity index is 232. The van der Waals surface area contributed by atoms with Crippen LogP contribution in [-0.4, -0.2) is 29.4 Å². The van der Waals surface area contributed by atoms with Gasteiger partial charge in [-0.25, -0.2) is 0 Å². The predicted molar refractivity (Wildman–Crippen MR) is 62.5 cm³/mol. The van der Waals surface area contributed by atoms with Crippen LogP contribution in [0.2, 0.25) is 0 Å². The van der Waals surface area contributed by atoms with Gasteiger partial charge in [0, 0.05) is 13.1 Å². The Kier molecular flexibility index (Phi) is 3.77. The van der Waals surface area contributed by atoms with Crippen LogP contribution in [0.4, 0.5) is 0 Å². The molecule has 2 N–H and O–H groups in total. The van der Waals surface area contributed by atoms with Crippen molar-refractivity contribution in [2.45, 2.75) is 58.0 Å². The summed E-state index contributed by atoms with van der Waals surface area (Å²) in [4.78, 5) is 13.8. The Morgan fingerprint density at radius 1 is 1.40 bits per heavy atom. The Morgan fingerprint density at radius 2 is 2.00 bits per heavy atom. The van der Waals surface area contributed by atoms with Crippen LogP contribution >= 0.6 is 0 Å². The molecule has 0 aliphatic heterocycles. The maximum absolute atomic E-state index is 12.0. The summed E-state index contributed by atoms with van der Waals surface area (Å²) in [7, 11) is 1.89. The van der Waals surface area contributed by atoms with Crippen LogP contribution in [0.3, 0.4) is 0 Å². The lowest BCUT2D eigenvalue weighted by molar-refractivity contribution is -0.137. The highest BCUT2D eigenvalue weighted by Crippen LogP contribution is 2.27. The normalized spacial score (nSPS) is 27.5. The number of hydrogen-bond acceptors (Lipinski definition) is 2. The van der Waals surface area contributed by atoms with Crippen LogP contribution in [0, 0.1) is 5.92 Å². The van der Waals surface area contributed by atoms with E-state index in [-0.39, 0.29) is 5.91 Å². The monoisotopic (exact) mass is 212 g/mol. The van der Waals surface area contributed by atoms with Crippen molar-refractivity contribution in [2.75, 3.05) is 7.05 Å². The van der Waals surface area contributed by atoms with Gasteiger partial charge in [-0.3, -0.25) is 4.79 Å². The molecule has 1 rings (SSSR count). The van der Waals surface area contributed by atoms with Gasteiger partial charge >= 0.3 is 0 Å². The Hall–Kier alpha value is -0.570. The molecule has 1 aliphatic rings. The van der Waals surface area contributed by atoms with Crippen molar-refractivity contribution >= 4 is 5.91 Å². The van der Waals surface area contributed by atoms with Crippen molar-refractivity contribution in [2.24, 2.45) is 11.7 Å². The number of hydrogen-bond donors (Lipinski definition) is 1. The lowest BCUT2D eigenvalue weighted by atomic mass is 9.86. The zero-order valence-electron chi connectivity index (χ0n) is 10.4. The average Bonchev–Trinajstić information content (AvgIpc) is 2.14. The molecule has 15 heavy (non-hydrogen) atoms. The molecule has 0 aromatic carbocycles. The van der Waals surface area contributed by atoms with Crippen LogP contribution in [-0.2, 0) is 4.79 Å². The zero-order chi connectivity index (χ0) is 11.6. The summed E-state index contributed by atoms with van der Waals surface area (Å²) < 4.78 is 0. The number of carbonyl (C=O) groups is 1. The second-order valence-electron chi connectivity index (χ2n) is 5.56. The molecule has 1 aliphatic carbocycles. The molecule has 3 nitrogen and oxygen atoms in total. The fraction of sp³-hybridized carbons (Fsp3) is 0.917. The highest BCUT2D eigenvalue weighted by molar-refractivity contribution is 5.85. The molecule has 0 radical (unpaired) electrons. The minimum atomic E-state index is -0.741. The molecule has 1 saturated carbocycles. The summed E-state index contributed by atoms with van der Waals surface area (Å²) in [6.07, 6.45) is 4.78. The molecule has 0 heterocycles. The average molecular weight is 212 g/mol. The maximum Gasteiger partial charge on any atom is 0.242 e. The fourth-order valence-corrected chi connectivity index (χ4v) is 2.37. The SMILES string of the molecule is CC1CCCC(N(C)C(=O)C(C)(C)N)C1. The fourth-order valence-electron chi connectivity index (χ4n) is 2.37. The minimum absolute atomic E-state index is 0.0570. The molecule has 0 aromatic heterocycles. The smallest absolute Gasteiger partial charge is 0.242 e. The van der Waals surface area contributed by atoms with Crippen LogP contribution in [0.15, 0.2) is 0 Å². The van der Waals surface area contributed by atoms with Gasteiger partial charge in [-0.15, -0.1) is 0 Å². The van der Waals surface area contributed by atoms with Crippen molar-refractivity contribution in [3.05, 3.63) is 0 Å². The van der Waals surface area contributed by atoms with Gasteiger partial charge in [-0.2, -0.15) is 0 Å². The molecule has 0 bridgehead atoms. The van der Waals surface area contributed by atoms with E-state index in [1.54, 1.807) is 13.8 Å². The molecule has 0 aromatic rings. The van der Waals surface area contributed by atoms with E-state index in [0.717, 1.165) is 18.8 Å². The molecule has 0 saturated heterocycles. The molecule has 2 atom stereocenters. The summed E-state index contributed by atoms with van der Waals surface area (Å²) in [5.74, 6) is 0.793. The first-order valence-corrected chi connectivity index (χ1v) is 5.88. The summed E-state index contributed by atoms with van der Waals surface area (Å²) in [5.41, 5.74) is 5.09. The quantitative estimate of drug-likeness (QED) is 0.758. The lowest BCUT2D eigenvalue weighted by Crippen LogP contribution is -2.53. The van der Waals surface area contributed by atoms with E-state index in [2.05, 4.69) is 6.92 Å². The van der Waals surface area contributed by atoms with E-state index in [4.69, 9.17) is 5.73 Å². The standard InChI is InChI=1S/C12H24N2O/c1-9-6-5-7-10(8-9)14(4)11(15)12(2,3)13/h9-10H,5-8,13H2,1-4H3. The lowest BCUT2D eigenvalue weighted by Gasteiger charge is -2.37. The van der Waals surface area contributed by atoms with Crippen LogP contribution in [0.25, 0.3) is 0 Å². The van der Waals surface area contributed by atoms with Gasteiger partial charge in [0.25, 0.3) is 0 Å². The first-order valence-electron chi connectivity index (χ1n) is 5.88. The van der Waals surface area contributed by atoms with Gasteiger partial charge in [0.1, 0.15) is 0 Å². The molecule has 88 valence electrons. The first kappa shape index (κ1) is 12.5. The van der Waals surface area contributed by atoms with Gasteiger partial charge in [0.2, 0.25) is 5.91 Å². The maximum atomic E-state index is 12.0. The number of nitrogens with zero attached hydrogens (tertiary/aromatic N) is 1. The van der Waals surface area contributed by atoms with Crippen LogP contribution < -0.4 is 5.73 Å². The number of likely N-dealkylation sites (N-methyl/N-ethyl adjacent to an activating group) is 1. The molecule has 0 spiro atoms. The van der Waals surface area contributed by atoms with E-state index in [9.17, 15) is 4.79 Å². The number of carbonyl (C=O) groups excluding carboxylic acids is 1. The zero-order valence-corrected chi connectivity index (χ0v) is 10.4. The van der Waals surface area contributed by atoms with Crippen molar-refractivity contribution in [3.8, 4) is 0 Å². The molecular weight excluding hydrogens is 188 g/mol. The number of amides is 1. The topological polar surface area (TPSA) is 46.3 Å². The van der Waals surface area contributed by atoms with E-state index in [0.29, 0.717) is 6.04 Å². The van der Waals surface area contributed by atoms with Gasteiger partial charge in [-0.1, -0.05) is 19.8 Å². The van der Waals surface area contributed by atoms with Gasteiger partial charge < -0.3 is 10.6 Å². The van der Waals surface area contributed by atoms with Crippen molar-refractivity contribution < 1.29 is 4.79 Å². The van der Waals surface area contributed by atoms with E-state index in [1.165, 1.54) is 12.8 Å². The van der Waals surface area contributed by atoms with Crippen molar-refractivity contribution in [3.63, 3.8) is 0 Å². The molecule has 2 unspecified atom stereocenters. The van der Waals surface area contributed by atoms with Gasteiger partial charge in [-0.05, 0) is 32.6 Å². The Morgan fingerprint density at radius 3 is 2.47 bits per heavy atom. The summed E-state index contributed by atoms with van der Waals surface area (Å²) in [6.45, 7) is 5.81. The number of rotatable bonds is 2. The summed E-state index contributed by atoms with van der Waals surface area (Å²) in [5, 5.41) is 0. The summed E-state index contributed by atoms with van der Waals surface area (Å²) in [6, 6.07) is 0.393. The molecular formula is C12H24N2O. The second-order valence-corrected chi connectivity index (χ2v) is 5.56. The molecule has 1 amide bonds. The molecule has 3 heteroatoms. The Balaban J connectivity index is 2.59. The molecule has 1 fully saturated rings. The first-order chi connectivity index (χ1) is 6.82. The van der Waals surface area contributed by atoms with Crippen molar-refractivity contribution in [1.29, 1.82) is 0 Å². The third kappa shape index (κ3) is 3.20. The third-order valence-electron chi connectivity index (χ3n) is 3.33. The minimum Gasteiger partial charge on any atom is -0.341 e. The highest BCUT2D eigenvalue weighted by atomic mass is 16.2. The van der Waals surface area contributed by atoms with E-state index >= 15 is 0 Å². The van der Waals surface area contributed by atoms with Gasteiger partial charge in [0.15, 0.2) is 0 Å². The van der Waals surface area contributed by atoms with Crippen LogP contribution in [0.1, 0.15) is 46.5 Å². The largest absolute Gasteiger partial charge is 0.341 e. The Labute approximate surface area is 93.0 Å².